The molecule has 0 unspecified atom stereocenters. The normalized spacial score (nSPS) is 22.8. The number of hydrogen-bond donors (Lipinski definition) is 1. The maximum atomic E-state index is 10.6. The molecule has 3 atom stereocenters. The van der Waals surface area contributed by atoms with Crippen molar-refractivity contribution in [3.05, 3.63) is 23.5 Å². The van der Waals surface area contributed by atoms with Crippen molar-refractivity contribution < 1.29 is 14.0 Å². The van der Waals surface area contributed by atoms with E-state index in [2.05, 4.69) is 37.1 Å². The number of rotatable bonds is 7. The predicted octanol–water partition coefficient (Wildman–Crippen LogP) is 0.952. The molecule has 9 nitrogen and oxygen atoms in total. The van der Waals surface area contributed by atoms with Crippen LogP contribution in [0.1, 0.15) is 50.3 Å². The molecule has 1 saturated heterocycles. The third-order valence-electron chi connectivity index (χ3n) is 4.77. The van der Waals surface area contributed by atoms with Gasteiger partial charge < -0.3 is 14.0 Å². The Bertz CT molecular complexity index is 687. The lowest BCUT2D eigenvalue weighted by Crippen LogP contribution is -2.42. The predicted molar refractivity (Wildman–Crippen MR) is 88.6 cm³/mol. The first-order chi connectivity index (χ1) is 12.0. The zero-order valence-electron chi connectivity index (χ0n) is 15.2. The molecule has 9 heteroatoms. The summed E-state index contributed by atoms with van der Waals surface area (Å²) in [5.41, 5.74) is 0. The lowest BCUT2D eigenvalue weighted by Gasteiger charge is -2.28. The van der Waals surface area contributed by atoms with Crippen LogP contribution in [0, 0.1) is 6.92 Å². The van der Waals surface area contributed by atoms with E-state index >= 15 is 0 Å². The van der Waals surface area contributed by atoms with Crippen LogP contribution in [0.4, 0.5) is 0 Å². The van der Waals surface area contributed by atoms with Gasteiger partial charge in [0.1, 0.15) is 0 Å². The van der Waals surface area contributed by atoms with Gasteiger partial charge in [0.2, 0.25) is 17.7 Å². The largest absolute Gasteiger partial charge is 0.424 e. The van der Waals surface area contributed by atoms with Gasteiger partial charge >= 0.3 is 0 Å². The van der Waals surface area contributed by atoms with Crippen LogP contribution >= 0.6 is 0 Å². The Morgan fingerprint density at radius 3 is 2.72 bits per heavy atom. The summed E-state index contributed by atoms with van der Waals surface area (Å²) >= 11 is 0. The van der Waals surface area contributed by atoms with Crippen molar-refractivity contribution in [2.75, 3.05) is 19.6 Å². The Hall–Kier alpha value is -1.84. The van der Waals surface area contributed by atoms with Crippen LogP contribution in [0.3, 0.4) is 0 Å². The van der Waals surface area contributed by atoms with Gasteiger partial charge in [-0.05, 0) is 13.5 Å². The van der Waals surface area contributed by atoms with Crippen molar-refractivity contribution in [3.63, 3.8) is 0 Å². The minimum atomic E-state index is -0.458. The van der Waals surface area contributed by atoms with Crippen LogP contribution in [-0.2, 0) is 13.0 Å². The van der Waals surface area contributed by atoms with Crippen LogP contribution in [0.2, 0.25) is 0 Å². The molecule has 0 aliphatic carbocycles. The highest BCUT2D eigenvalue weighted by atomic mass is 16.5. The third kappa shape index (κ3) is 3.88. The molecule has 3 heterocycles. The Morgan fingerprint density at radius 1 is 1.32 bits per heavy atom. The fourth-order valence-corrected chi connectivity index (χ4v) is 3.25. The van der Waals surface area contributed by atoms with Gasteiger partial charge in [-0.2, -0.15) is 4.98 Å². The third-order valence-corrected chi connectivity index (χ3v) is 4.77. The number of hydrogen-bond acceptors (Lipinski definition) is 9. The Balaban J connectivity index is 1.66. The lowest BCUT2D eigenvalue weighted by molar-refractivity contribution is 0.0759. The number of aliphatic hydroxyl groups is 1. The first-order valence-electron chi connectivity index (χ1n) is 8.79. The first kappa shape index (κ1) is 18.0. The van der Waals surface area contributed by atoms with Gasteiger partial charge in [-0.25, -0.2) is 0 Å². The number of nitrogens with zero attached hydrogens (tertiary/aromatic N) is 6. The summed E-state index contributed by atoms with van der Waals surface area (Å²) < 4.78 is 10.8. The Morgan fingerprint density at radius 2 is 2.12 bits per heavy atom. The lowest BCUT2D eigenvalue weighted by atomic mass is 10.2. The van der Waals surface area contributed by atoms with Gasteiger partial charge in [0.05, 0.1) is 24.7 Å². The van der Waals surface area contributed by atoms with Gasteiger partial charge in [-0.15, -0.1) is 10.2 Å². The molecule has 1 N–H and O–H groups in total. The summed E-state index contributed by atoms with van der Waals surface area (Å²) in [6.45, 7) is 10.5. The van der Waals surface area contributed by atoms with E-state index in [0.717, 1.165) is 13.0 Å². The molecular weight excluding hydrogens is 324 g/mol. The van der Waals surface area contributed by atoms with Crippen LogP contribution in [0.15, 0.2) is 8.94 Å². The van der Waals surface area contributed by atoms with Gasteiger partial charge in [-0.3, -0.25) is 9.80 Å². The zero-order chi connectivity index (χ0) is 18.0. The van der Waals surface area contributed by atoms with Crippen LogP contribution in [-0.4, -0.2) is 67.0 Å². The second-order valence-corrected chi connectivity index (χ2v) is 6.44. The molecule has 1 fully saturated rings. The van der Waals surface area contributed by atoms with Gasteiger partial charge in [0.15, 0.2) is 5.82 Å². The maximum Gasteiger partial charge on any atom is 0.243 e. The second-order valence-electron chi connectivity index (χ2n) is 6.44. The monoisotopic (exact) mass is 350 g/mol. The van der Waals surface area contributed by atoms with Crippen LogP contribution in [0.25, 0.3) is 0 Å². The summed E-state index contributed by atoms with van der Waals surface area (Å²) in [7, 11) is 0. The standard InChI is InChI=1S/C16H26N6O3/c1-5-14-17-16(25-20-14)10(3)22-7-12(13(23)8-22)21(6-2)9-15-19-18-11(4)24-15/h10,12-13,23H,5-9H2,1-4H3/t10-,12-,13-/m1/s1. The summed E-state index contributed by atoms with van der Waals surface area (Å²) in [4.78, 5) is 8.74. The van der Waals surface area contributed by atoms with E-state index in [-0.39, 0.29) is 12.1 Å². The van der Waals surface area contributed by atoms with E-state index in [1.807, 2.05) is 13.8 Å². The second kappa shape index (κ2) is 7.59. The van der Waals surface area contributed by atoms with E-state index < -0.39 is 6.10 Å². The van der Waals surface area contributed by atoms with E-state index in [4.69, 9.17) is 8.94 Å². The summed E-state index contributed by atoms with van der Waals surface area (Å²) in [6.07, 6.45) is 0.286. The van der Waals surface area contributed by atoms with E-state index in [0.29, 0.717) is 43.1 Å². The van der Waals surface area contributed by atoms with Gasteiger partial charge in [-0.1, -0.05) is 19.0 Å². The average molecular weight is 350 g/mol. The molecule has 1 aliphatic heterocycles. The smallest absolute Gasteiger partial charge is 0.243 e. The molecule has 1 aliphatic rings. The number of likely N-dealkylation sites (tertiary alicyclic amines) is 1. The van der Waals surface area contributed by atoms with Gasteiger partial charge in [0.25, 0.3) is 0 Å². The fraction of sp³-hybridized carbons (Fsp3) is 0.750. The van der Waals surface area contributed by atoms with Crippen molar-refractivity contribution in [1.29, 1.82) is 0 Å². The Kier molecular flexibility index (Phi) is 5.45. The van der Waals surface area contributed by atoms with Crippen molar-refractivity contribution in [3.8, 4) is 0 Å². The number of β-amino-alcohol motifs (C(OH)–C–C–N with tert-alkyl or cyclic N) is 1. The molecule has 0 spiro atoms. The Labute approximate surface area is 147 Å². The quantitative estimate of drug-likeness (QED) is 0.781. The minimum Gasteiger partial charge on any atom is -0.424 e. The highest BCUT2D eigenvalue weighted by Crippen LogP contribution is 2.27. The highest BCUT2D eigenvalue weighted by molar-refractivity contribution is 4.99. The van der Waals surface area contributed by atoms with Crippen molar-refractivity contribution >= 4 is 0 Å². The average Bonchev–Trinajstić information content (AvgIpc) is 3.32. The SMILES string of the molecule is CCc1noc([C@@H](C)N2C[C@@H](O)[C@H](N(CC)Cc3nnc(C)o3)C2)n1. The molecule has 138 valence electrons. The molecule has 0 bridgehead atoms. The fourth-order valence-electron chi connectivity index (χ4n) is 3.25. The van der Waals surface area contributed by atoms with Crippen LogP contribution < -0.4 is 0 Å². The number of aromatic nitrogens is 4. The molecule has 2 aromatic rings. The molecule has 3 rings (SSSR count). The number of likely N-dealkylation sites (N-methyl/N-ethyl adjacent to an activating group) is 1. The van der Waals surface area contributed by atoms with E-state index in [1.165, 1.54) is 0 Å². The molecule has 0 radical (unpaired) electrons. The molecule has 25 heavy (non-hydrogen) atoms. The molecule has 0 aromatic carbocycles. The maximum absolute atomic E-state index is 10.6. The summed E-state index contributed by atoms with van der Waals surface area (Å²) in [5.74, 6) is 2.43. The number of aliphatic hydroxyl groups excluding tert-OH is 1. The molecule has 2 aromatic heterocycles. The molecule has 0 amide bonds. The van der Waals surface area contributed by atoms with E-state index in [1.54, 1.807) is 6.92 Å². The van der Waals surface area contributed by atoms with Crippen LogP contribution in [0.5, 0.6) is 0 Å². The first-order valence-corrected chi connectivity index (χ1v) is 8.79. The van der Waals surface area contributed by atoms with Gasteiger partial charge in [0, 0.05) is 26.4 Å². The zero-order valence-corrected chi connectivity index (χ0v) is 15.2. The molecular formula is C16H26N6O3. The topological polar surface area (TPSA) is 105 Å². The minimum absolute atomic E-state index is 0.00627. The van der Waals surface area contributed by atoms with E-state index in [9.17, 15) is 5.11 Å². The number of aryl methyl sites for hydroxylation is 2. The van der Waals surface area contributed by atoms with Crippen molar-refractivity contribution in [2.24, 2.45) is 0 Å². The highest BCUT2D eigenvalue weighted by Gasteiger charge is 2.39. The summed E-state index contributed by atoms with van der Waals surface area (Å²) in [5, 5.41) is 22.5. The van der Waals surface area contributed by atoms with Crippen molar-refractivity contribution in [1.82, 2.24) is 30.1 Å². The summed E-state index contributed by atoms with van der Waals surface area (Å²) in [6, 6.07) is -0.0370. The molecule has 0 saturated carbocycles. The van der Waals surface area contributed by atoms with Crippen molar-refractivity contribution in [2.45, 2.75) is 58.8 Å².